The van der Waals surface area contributed by atoms with Crippen LogP contribution in [0.15, 0.2) is 24.3 Å². The molecule has 0 aromatic heterocycles. The molecule has 1 saturated heterocycles. The summed E-state index contributed by atoms with van der Waals surface area (Å²) in [5.41, 5.74) is 5.06. The summed E-state index contributed by atoms with van der Waals surface area (Å²) in [4.78, 5) is 11.8. The molecule has 1 aromatic rings. The van der Waals surface area contributed by atoms with Gasteiger partial charge in [0.05, 0.1) is 12.5 Å². The number of carbonyl (C=O) groups excluding carboxylic acids is 1. The van der Waals surface area contributed by atoms with Crippen molar-refractivity contribution in [3.63, 3.8) is 0 Å². The van der Waals surface area contributed by atoms with Crippen LogP contribution < -0.4 is 10.2 Å². The zero-order valence-corrected chi connectivity index (χ0v) is 14.4. The van der Waals surface area contributed by atoms with Crippen LogP contribution in [0.2, 0.25) is 0 Å². The van der Waals surface area contributed by atoms with Gasteiger partial charge in [-0.05, 0) is 11.6 Å². The van der Waals surface area contributed by atoms with Crippen molar-refractivity contribution in [1.82, 2.24) is 5.43 Å². The minimum atomic E-state index is -0.688. The van der Waals surface area contributed by atoms with Crippen LogP contribution in [0, 0.1) is 5.92 Å². The number of phenolic OH excluding ortho intramolecular Hbond substituents is 1. The number of benzene rings is 1. The lowest BCUT2D eigenvalue weighted by Crippen LogP contribution is -2.75. The maximum absolute atomic E-state index is 11.8. The molecule has 1 aromatic carbocycles. The summed E-state index contributed by atoms with van der Waals surface area (Å²) in [6.45, 7) is 2.33. The quantitative estimate of drug-likeness (QED) is 0.520. The molecule has 0 saturated carbocycles. The van der Waals surface area contributed by atoms with Gasteiger partial charge in [0.2, 0.25) is 0 Å². The Hall–Kier alpha value is -2.05. The predicted molar refractivity (Wildman–Crippen MR) is 89.8 cm³/mol. The van der Waals surface area contributed by atoms with Crippen LogP contribution in [0.5, 0.6) is 11.5 Å². The van der Waals surface area contributed by atoms with E-state index >= 15 is 0 Å². The highest BCUT2D eigenvalue weighted by atomic mass is 16.5. The van der Waals surface area contributed by atoms with Crippen molar-refractivity contribution in [1.29, 1.82) is 0 Å². The highest BCUT2D eigenvalue weighted by Gasteiger charge is 2.68. The molecule has 2 heterocycles. The van der Waals surface area contributed by atoms with Crippen LogP contribution in [-0.2, 0) is 16.6 Å². The first-order valence-corrected chi connectivity index (χ1v) is 8.89. The van der Waals surface area contributed by atoms with Crippen molar-refractivity contribution in [2.24, 2.45) is 5.92 Å². The number of nitrogens with zero attached hydrogens (tertiary/aromatic N) is 1. The molecule has 1 fully saturated rings. The number of piperidine rings is 1. The van der Waals surface area contributed by atoms with Crippen molar-refractivity contribution in [2.45, 2.75) is 43.4 Å². The third kappa shape index (κ3) is 1.69. The average Bonchev–Trinajstić information content (AvgIpc) is 2.91. The Balaban J connectivity index is 1.75. The molecule has 3 N–H and O–H groups in total. The smallest absolute Gasteiger partial charge is 0.261 e. The van der Waals surface area contributed by atoms with Gasteiger partial charge in [0.25, 0.3) is 5.91 Å². The first-order chi connectivity index (χ1) is 11.9. The minimum absolute atomic E-state index is 0.0327. The fourth-order valence-corrected chi connectivity index (χ4v) is 5.92. The molecule has 2 bridgehead atoms. The van der Waals surface area contributed by atoms with E-state index in [9.17, 15) is 15.0 Å². The van der Waals surface area contributed by atoms with Crippen molar-refractivity contribution in [2.75, 3.05) is 13.6 Å². The standard InChI is InChI=1S/C19H22N2O4/c1-10(22)20-21(2)8-7-19-12-4-6-15(24)18(19)25-17-14(23)5-3-11(16(17)19)9-13(12)21/h3-6,12-13,15,18,24H,7-9H2,1-2H3,(H-,20,22,23)/p+1/t12-,13+,15-,18-,19-,21?/m0/s1. The molecule has 6 nitrogen and oxygen atoms in total. The summed E-state index contributed by atoms with van der Waals surface area (Å²) >= 11 is 0. The monoisotopic (exact) mass is 343 g/mol. The van der Waals surface area contributed by atoms with Gasteiger partial charge in [0, 0.05) is 31.2 Å². The predicted octanol–water partition coefficient (Wildman–Crippen LogP) is 0.764. The molecule has 6 heteroatoms. The maximum Gasteiger partial charge on any atom is 0.261 e. The van der Waals surface area contributed by atoms with Gasteiger partial charge in [-0.25, -0.2) is 10.0 Å². The molecule has 6 atom stereocenters. The lowest BCUT2D eigenvalue weighted by Gasteiger charge is -2.58. The molecule has 1 spiro atoms. The van der Waals surface area contributed by atoms with E-state index in [0.29, 0.717) is 10.3 Å². The molecule has 2 aliphatic heterocycles. The molecular formula is C19H23N2O4+. The van der Waals surface area contributed by atoms with Crippen LogP contribution in [0.4, 0.5) is 0 Å². The Kier molecular flexibility index (Phi) is 2.78. The Morgan fingerprint density at radius 3 is 2.96 bits per heavy atom. The Labute approximate surface area is 146 Å². The van der Waals surface area contributed by atoms with E-state index in [1.165, 1.54) is 0 Å². The summed E-state index contributed by atoms with van der Waals surface area (Å²) in [5.74, 6) is 0.817. The number of aromatic hydroxyl groups is 1. The van der Waals surface area contributed by atoms with E-state index in [-0.39, 0.29) is 35.1 Å². The fraction of sp³-hybridized carbons (Fsp3) is 0.526. The average molecular weight is 343 g/mol. The largest absolute Gasteiger partial charge is 0.504 e. The SMILES string of the molecule is CC(=O)N[N+]1(C)CC[C@]23c4c5ccc(O)c4O[C@H]2[C@@H](O)C=C[C@H]3[C@H]1C5. The number of likely N-dealkylation sites (N-methyl/N-ethyl adjacent to an activating group) is 1. The Morgan fingerprint density at radius 1 is 1.40 bits per heavy atom. The molecule has 2 aliphatic carbocycles. The molecule has 4 aliphatic rings. The van der Waals surface area contributed by atoms with E-state index in [1.54, 1.807) is 13.0 Å². The summed E-state index contributed by atoms with van der Waals surface area (Å²) in [6, 6.07) is 3.83. The number of amides is 1. The van der Waals surface area contributed by atoms with Gasteiger partial charge in [-0.15, -0.1) is 0 Å². The number of nitrogens with one attached hydrogen (secondary N) is 1. The molecule has 1 unspecified atom stereocenters. The number of quaternary nitrogens is 1. The third-order valence-corrected chi connectivity index (χ3v) is 6.84. The maximum atomic E-state index is 11.8. The Morgan fingerprint density at radius 2 is 2.20 bits per heavy atom. The number of rotatable bonds is 1. The van der Waals surface area contributed by atoms with E-state index in [2.05, 4.69) is 18.5 Å². The zero-order chi connectivity index (χ0) is 17.6. The van der Waals surface area contributed by atoms with E-state index in [0.717, 1.165) is 30.5 Å². The van der Waals surface area contributed by atoms with Crippen molar-refractivity contribution >= 4 is 5.91 Å². The van der Waals surface area contributed by atoms with Gasteiger partial charge < -0.3 is 14.9 Å². The zero-order valence-electron chi connectivity index (χ0n) is 14.4. The second-order valence-electron chi connectivity index (χ2n) is 8.11. The van der Waals surface area contributed by atoms with Gasteiger partial charge in [-0.2, -0.15) is 0 Å². The highest BCUT2D eigenvalue weighted by molar-refractivity contribution is 5.71. The lowest BCUT2D eigenvalue weighted by atomic mass is 9.53. The van der Waals surface area contributed by atoms with Gasteiger partial charge in [-0.1, -0.05) is 18.2 Å². The number of aliphatic hydroxyl groups excluding tert-OH is 1. The third-order valence-electron chi connectivity index (χ3n) is 6.84. The molecule has 5 rings (SSSR count). The second kappa shape index (κ2) is 4.56. The summed E-state index contributed by atoms with van der Waals surface area (Å²) < 4.78 is 6.62. The minimum Gasteiger partial charge on any atom is -0.504 e. The molecule has 0 radical (unpaired) electrons. The molecule has 25 heavy (non-hydrogen) atoms. The number of hydrogen-bond acceptors (Lipinski definition) is 4. The van der Waals surface area contributed by atoms with Gasteiger partial charge in [-0.3, -0.25) is 4.79 Å². The number of ether oxygens (including phenoxy) is 1. The van der Waals surface area contributed by atoms with E-state index in [4.69, 9.17) is 4.74 Å². The van der Waals surface area contributed by atoms with E-state index in [1.807, 2.05) is 12.1 Å². The summed E-state index contributed by atoms with van der Waals surface area (Å²) in [5, 5.41) is 20.9. The van der Waals surface area contributed by atoms with Crippen molar-refractivity contribution in [3.05, 3.63) is 35.4 Å². The summed E-state index contributed by atoms with van der Waals surface area (Å²) in [7, 11) is 2.08. The fourth-order valence-electron chi connectivity index (χ4n) is 5.92. The number of hydrogen-bond donors (Lipinski definition) is 3. The van der Waals surface area contributed by atoms with Crippen LogP contribution in [0.1, 0.15) is 24.5 Å². The highest BCUT2D eigenvalue weighted by Crippen LogP contribution is 2.63. The van der Waals surface area contributed by atoms with Gasteiger partial charge in [0.1, 0.15) is 24.8 Å². The first-order valence-electron chi connectivity index (χ1n) is 8.89. The first kappa shape index (κ1) is 15.2. The number of aliphatic hydroxyl groups is 1. The number of likely N-dealkylation sites (tertiary alicyclic amines) is 1. The molecule has 132 valence electrons. The number of phenols is 1. The van der Waals surface area contributed by atoms with E-state index < -0.39 is 6.10 Å². The summed E-state index contributed by atoms with van der Waals surface area (Å²) in [6.07, 6.45) is 4.46. The van der Waals surface area contributed by atoms with Crippen molar-refractivity contribution in [3.8, 4) is 11.5 Å². The van der Waals surface area contributed by atoms with Crippen LogP contribution >= 0.6 is 0 Å². The number of carbonyl (C=O) groups is 1. The molecule has 1 amide bonds. The topological polar surface area (TPSA) is 78.8 Å². The van der Waals surface area contributed by atoms with Crippen molar-refractivity contribution < 1.29 is 24.3 Å². The van der Waals surface area contributed by atoms with Crippen LogP contribution in [0.3, 0.4) is 0 Å². The molecular weight excluding hydrogens is 320 g/mol. The second-order valence-corrected chi connectivity index (χ2v) is 8.11. The van der Waals surface area contributed by atoms with Gasteiger partial charge >= 0.3 is 0 Å². The van der Waals surface area contributed by atoms with Gasteiger partial charge in [0.15, 0.2) is 11.5 Å². The lowest BCUT2D eigenvalue weighted by molar-refractivity contribution is -0.976. The van der Waals surface area contributed by atoms with Crippen LogP contribution in [0.25, 0.3) is 0 Å². The van der Waals surface area contributed by atoms with Crippen LogP contribution in [-0.4, -0.2) is 52.6 Å². The normalized spacial score (nSPS) is 42.5. The Bertz CT molecular complexity index is 822.